The average molecular weight is 474 g/mol. The minimum Gasteiger partial charge on any atom is -0.409 e. The Morgan fingerprint density at radius 3 is 2.79 bits per heavy atom. The Morgan fingerprint density at radius 1 is 1.18 bits per heavy atom. The van der Waals surface area contributed by atoms with E-state index in [0.717, 1.165) is 45.4 Å². The number of thioether (sulfide) groups is 1. The van der Waals surface area contributed by atoms with Gasteiger partial charge in [0.25, 0.3) is 5.91 Å². The van der Waals surface area contributed by atoms with Crippen LogP contribution in [-0.4, -0.2) is 77.3 Å². The number of amides is 2. The van der Waals surface area contributed by atoms with Gasteiger partial charge >= 0.3 is 6.09 Å². The first kappa shape index (κ1) is 22.4. The molecule has 4 heterocycles. The molecule has 0 radical (unpaired) electrons. The molecule has 0 aliphatic carbocycles. The van der Waals surface area contributed by atoms with E-state index in [4.69, 9.17) is 4.74 Å². The Bertz CT molecular complexity index is 988. The molecule has 0 spiro atoms. The van der Waals surface area contributed by atoms with Gasteiger partial charge < -0.3 is 9.64 Å². The van der Waals surface area contributed by atoms with Gasteiger partial charge in [-0.2, -0.15) is 4.99 Å². The third kappa shape index (κ3) is 5.07. The number of halogens is 1. The Kier molecular flexibility index (Phi) is 6.66. The number of carbonyl (C=O) groups excluding carboxylic acids is 2. The summed E-state index contributed by atoms with van der Waals surface area (Å²) in [4.78, 5) is 34.0. The number of hydrogen-bond acceptors (Lipinski definition) is 7. The lowest BCUT2D eigenvalue weighted by atomic mass is 10.2. The molecule has 3 saturated heterocycles. The van der Waals surface area contributed by atoms with Crippen LogP contribution in [-0.2, 0) is 4.79 Å². The standard InChI is InChI=1S/C23H28FN5O3S/c24-17-6-5-16(13-20-21(30)26-22(33-20)29-11-2-1-8-25-29)19(14-17)32-23(31)28-12-7-18(15-28)27-9-3-4-10-27/h5-6,13-14,18,25H,1-4,7-12,15H2/b20-13+/t18-/m0/s1. The fourth-order valence-corrected chi connectivity index (χ4v) is 5.60. The Morgan fingerprint density at radius 2 is 2.00 bits per heavy atom. The van der Waals surface area contributed by atoms with E-state index in [1.54, 1.807) is 11.0 Å². The molecule has 4 aliphatic heterocycles. The zero-order valence-corrected chi connectivity index (χ0v) is 19.3. The zero-order chi connectivity index (χ0) is 22.8. The summed E-state index contributed by atoms with van der Waals surface area (Å²) in [5.41, 5.74) is 3.71. The minimum atomic E-state index is -0.504. The van der Waals surface area contributed by atoms with Gasteiger partial charge in [-0.25, -0.2) is 14.6 Å². The Balaban J connectivity index is 1.27. The summed E-state index contributed by atoms with van der Waals surface area (Å²) < 4.78 is 19.6. The first-order chi connectivity index (χ1) is 16.1. The van der Waals surface area contributed by atoms with Crippen LogP contribution in [0.4, 0.5) is 9.18 Å². The molecule has 0 bridgehead atoms. The molecule has 4 aliphatic rings. The quantitative estimate of drug-likeness (QED) is 0.676. The van der Waals surface area contributed by atoms with Gasteiger partial charge in [0.05, 0.1) is 4.91 Å². The summed E-state index contributed by atoms with van der Waals surface area (Å²) in [7, 11) is 0. The minimum absolute atomic E-state index is 0.107. The Labute approximate surface area is 196 Å². The number of nitrogens with zero attached hydrogens (tertiary/aromatic N) is 4. The third-order valence-corrected chi connectivity index (χ3v) is 7.50. The molecule has 33 heavy (non-hydrogen) atoms. The number of hydrogen-bond donors (Lipinski definition) is 1. The van der Waals surface area contributed by atoms with E-state index in [1.165, 1.54) is 42.8 Å². The van der Waals surface area contributed by atoms with Crippen LogP contribution in [0.3, 0.4) is 0 Å². The van der Waals surface area contributed by atoms with Crippen LogP contribution in [0.2, 0.25) is 0 Å². The molecule has 2 amide bonds. The maximum absolute atomic E-state index is 14.0. The smallest absolute Gasteiger partial charge is 0.409 e. The largest absolute Gasteiger partial charge is 0.415 e. The van der Waals surface area contributed by atoms with Crippen molar-refractivity contribution < 1.29 is 18.7 Å². The summed E-state index contributed by atoms with van der Waals surface area (Å²) >= 11 is 1.27. The predicted octanol–water partition coefficient (Wildman–Crippen LogP) is 3.07. The van der Waals surface area contributed by atoms with Crippen molar-refractivity contribution in [1.29, 1.82) is 0 Å². The second kappa shape index (κ2) is 9.82. The normalized spacial score (nSPS) is 25.2. The van der Waals surface area contributed by atoms with Gasteiger partial charge in [0.15, 0.2) is 5.17 Å². The van der Waals surface area contributed by atoms with Gasteiger partial charge in [-0.3, -0.25) is 14.7 Å². The lowest BCUT2D eigenvalue weighted by molar-refractivity contribution is -0.113. The van der Waals surface area contributed by atoms with Crippen molar-refractivity contribution in [1.82, 2.24) is 20.2 Å². The van der Waals surface area contributed by atoms with E-state index in [0.29, 0.717) is 34.8 Å². The van der Waals surface area contributed by atoms with Crippen molar-refractivity contribution in [2.24, 2.45) is 4.99 Å². The van der Waals surface area contributed by atoms with E-state index in [2.05, 4.69) is 15.3 Å². The van der Waals surface area contributed by atoms with Crippen LogP contribution < -0.4 is 10.2 Å². The number of benzene rings is 1. The van der Waals surface area contributed by atoms with E-state index >= 15 is 0 Å². The van der Waals surface area contributed by atoms with E-state index < -0.39 is 11.9 Å². The molecule has 176 valence electrons. The number of carbonyl (C=O) groups is 2. The van der Waals surface area contributed by atoms with Crippen molar-refractivity contribution in [3.8, 4) is 5.75 Å². The van der Waals surface area contributed by atoms with Crippen LogP contribution in [0.5, 0.6) is 5.75 Å². The number of nitrogens with one attached hydrogen (secondary N) is 1. The molecule has 0 aromatic heterocycles. The van der Waals surface area contributed by atoms with Crippen molar-refractivity contribution in [2.45, 2.75) is 38.1 Å². The van der Waals surface area contributed by atoms with Gasteiger partial charge in [-0.05, 0) is 75.2 Å². The maximum Gasteiger partial charge on any atom is 0.415 e. The molecule has 3 fully saturated rings. The lowest BCUT2D eigenvalue weighted by Crippen LogP contribution is -2.45. The number of hydrazine groups is 1. The molecule has 1 atom stereocenters. The number of ether oxygens (including phenoxy) is 1. The first-order valence-corrected chi connectivity index (χ1v) is 12.4. The number of likely N-dealkylation sites (tertiary alicyclic amines) is 2. The molecule has 0 saturated carbocycles. The van der Waals surface area contributed by atoms with Crippen molar-refractivity contribution >= 4 is 35.0 Å². The highest BCUT2D eigenvalue weighted by Crippen LogP contribution is 2.33. The van der Waals surface area contributed by atoms with E-state index in [1.807, 2.05) is 5.01 Å². The third-order valence-electron chi connectivity index (χ3n) is 6.49. The summed E-state index contributed by atoms with van der Waals surface area (Å²) in [5, 5.41) is 2.50. The first-order valence-electron chi connectivity index (χ1n) is 11.6. The fraction of sp³-hybridized carbons (Fsp3) is 0.522. The molecule has 0 unspecified atom stereocenters. The highest BCUT2D eigenvalue weighted by molar-refractivity contribution is 8.18. The highest BCUT2D eigenvalue weighted by atomic mass is 32.2. The Hall–Kier alpha value is -2.43. The van der Waals surface area contributed by atoms with Gasteiger partial charge in [-0.1, -0.05) is 0 Å². The fourth-order valence-electron chi connectivity index (χ4n) is 4.69. The van der Waals surface area contributed by atoms with Gasteiger partial charge in [-0.15, -0.1) is 0 Å². The predicted molar refractivity (Wildman–Crippen MR) is 125 cm³/mol. The molecule has 1 N–H and O–H groups in total. The lowest BCUT2D eigenvalue weighted by Gasteiger charge is -2.28. The van der Waals surface area contributed by atoms with Crippen molar-refractivity contribution in [3.05, 3.63) is 34.5 Å². The SMILES string of the molecule is O=C1N=C(N2CCCCN2)S/C1=C/c1ccc(F)cc1OC(=O)N1CC[C@H](N2CCCC2)C1. The number of aliphatic imine (C=N–C) groups is 1. The molecule has 1 aromatic rings. The molecule has 1 aromatic carbocycles. The monoisotopic (exact) mass is 473 g/mol. The molecule has 5 rings (SSSR count). The molecule has 10 heteroatoms. The van der Waals surface area contributed by atoms with Crippen molar-refractivity contribution in [2.75, 3.05) is 39.3 Å². The van der Waals surface area contributed by atoms with Crippen LogP contribution in [0.1, 0.15) is 37.7 Å². The molecular weight excluding hydrogens is 445 g/mol. The van der Waals surface area contributed by atoms with E-state index in [-0.39, 0.29) is 11.7 Å². The summed E-state index contributed by atoms with van der Waals surface area (Å²) in [5.74, 6) is -0.747. The topological polar surface area (TPSA) is 77.5 Å². The highest BCUT2D eigenvalue weighted by Gasteiger charge is 2.33. The summed E-state index contributed by atoms with van der Waals surface area (Å²) in [6, 6.07) is 4.37. The summed E-state index contributed by atoms with van der Waals surface area (Å²) in [6.07, 6.45) is 6.59. The molecular formula is C23H28FN5O3S. The summed E-state index contributed by atoms with van der Waals surface area (Å²) in [6.45, 7) is 5.05. The maximum atomic E-state index is 14.0. The zero-order valence-electron chi connectivity index (χ0n) is 18.5. The number of rotatable bonds is 3. The van der Waals surface area contributed by atoms with Crippen LogP contribution >= 0.6 is 11.8 Å². The van der Waals surface area contributed by atoms with Crippen LogP contribution in [0.25, 0.3) is 6.08 Å². The van der Waals surface area contributed by atoms with Gasteiger partial charge in [0.2, 0.25) is 0 Å². The number of amidine groups is 1. The van der Waals surface area contributed by atoms with Gasteiger partial charge in [0.1, 0.15) is 11.6 Å². The second-order valence-electron chi connectivity index (χ2n) is 8.76. The average Bonchev–Trinajstić information content (AvgIpc) is 3.57. The van der Waals surface area contributed by atoms with E-state index in [9.17, 15) is 14.0 Å². The second-order valence-corrected chi connectivity index (χ2v) is 9.77. The van der Waals surface area contributed by atoms with Gasteiger partial charge in [0, 0.05) is 43.9 Å². The molecule has 8 nitrogen and oxygen atoms in total. The van der Waals surface area contributed by atoms with Crippen LogP contribution in [0.15, 0.2) is 28.1 Å². The van der Waals surface area contributed by atoms with Crippen molar-refractivity contribution in [3.63, 3.8) is 0 Å². The van der Waals surface area contributed by atoms with Crippen LogP contribution in [0, 0.1) is 5.82 Å².